The fraction of sp³-hybridized carbons (Fsp3) is 0.0154. The summed E-state index contributed by atoms with van der Waals surface area (Å²) in [6.07, 6.45) is 6.02. The molecule has 1 heterocycles. The van der Waals surface area contributed by atoms with Crippen molar-refractivity contribution in [3.63, 3.8) is 0 Å². The standard InChI is InChI=1S/C65H48N2/c1-3-4-33-62-46(2)58-42-39-54(45-64(58)67(62)55-27-12-7-13-28-55)48-37-40-56(41-38-48)66(57-29-18-26-52(44-57)53-36-35-47-20-14-15-25-51(47)43-53)63-34-19-32-60(50-23-10-6-11-24-50)65(63)61-31-17-16-30-59(61)49-21-8-5-9-22-49/h3-45H,1H2,2H3/b33-4-. The minimum absolute atomic E-state index is 1.06. The number of hydrogen-bond acceptors (Lipinski definition) is 1. The van der Waals surface area contributed by atoms with Gasteiger partial charge < -0.3 is 9.47 Å². The van der Waals surface area contributed by atoms with Gasteiger partial charge in [0.15, 0.2) is 0 Å². The molecule has 10 aromatic carbocycles. The van der Waals surface area contributed by atoms with Crippen LogP contribution in [0.4, 0.5) is 17.1 Å². The highest BCUT2D eigenvalue weighted by molar-refractivity contribution is 6.02. The number of anilines is 3. The van der Waals surface area contributed by atoms with Crippen molar-refractivity contribution < 1.29 is 0 Å². The lowest BCUT2D eigenvalue weighted by molar-refractivity contribution is 1.10. The van der Waals surface area contributed by atoms with Crippen LogP contribution in [0.15, 0.2) is 261 Å². The molecule has 0 aliphatic rings. The van der Waals surface area contributed by atoms with Crippen LogP contribution in [0.2, 0.25) is 0 Å². The van der Waals surface area contributed by atoms with Gasteiger partial charge in [0.05, 0.1) is 11.2 Å². The molecule has 2 heteroatoms. The first-order valence-corrected chi connectivity index (χ1v) is 23.0. The highest BCUT2D eigenvalue weighted by Gasteiger charge is 2.23. The topological polar surface area (TPSA) is 8.17 Å². The molecule has 0 amide bonds. The Morgan fingerprint density at radius 3 is 1.73 bits per heavy atom. The quantitative estimate of drug-likeness (QED) is 0.118. The number of nitrogens with zero attached hydrogens (tertiary/aromatic N) is 2. The van der Waals surface area contributed by atoms with E-state index < -0.39 is 0 Å². The third kappa shape index (κ3) is 7.85. The van der Waals surface area contributed by atoms with Crippen LogP contribution in [0.1, 0.15) is 11.3 Å². The van der Waals surface area contributed by atoms with Crippen LogP contribution >= 0.6 is 0 Å². The Kier molecular flexibility index (Phi) is 11.0. The molecule has 0 spiro atoms. The monoisotopic (exact) mass is 856 g/mol. The molecule has 0 atom stereocenters. The zero-order chi connectivity index (χ0) is 45.1. The second kappa shape index (κ2) is 18.0. The van der Waals surface area contributed by atoms with E-state index in [0.29, 0.717) is 0 Å². The zero-order valence-electron chi connectivity index (χ0n) is 37.4. The number of aryl methyl sites for hydroxylation is 1. The number of aromatic nitrogens is 1. The van der Waals surface area contributed by atoms with Crippen molar-refractivity contribution >= 4 is 44.8 Å². The molecule has 0 N–H and O–H groups in total. The molecule has 0 aliphatic heterocycles. The minimum atomic E-state index is 1.06. The molecular formula is C65H48N2. The number of rotatable bonds is 11. The van der Waals surface area contributed by atoms with E-state index in [1.54, 1.807) is 0 Å². The highest BCUT2D eigenvalue weighted by atomic mass is 15.1. The Morgan fingerprint density at radius 2 is 0.985 bits per heavy atom. The highest BCUT2D eigenvalue weighted by Crippen LogP contribution is 2.48. The van der Waals surface area contributed by atoms with Gasteiger partial charge in [0, 0.05) is 33.7 Å². The molecule has 0 radical (unpaired) electrons. The van der Waals surface area contributed by atoms with Crippen LogP contribution in [0, 0.1) is 6.92 Å². The van der Waals surface area contributed by atoms with E-state index in [-0.39, 0.29) is 0 Å². The number of para-hydroxylation sites is 1. The maximum atomic E-state index is 3.96. The van der Waals surface area contributed by atoms with E-state index in [4.69, 9.17) is 0 Å². The third-order valence-corrected chi connectivity index (χ3v) is 13.0. The number of benzene rings is 10. The predicted octanol–water partition coefficient (Wildman–Crippen LogP) is 18.1. The molecule has 11 rings (SSSR count). The molecule has 0 bridgehead atoms. The molecule has 0 aliphatic carbocycles. The fourth-order valence-electron chi connectivity index (χ4n) is 9.72. The average molecular weight is 857 g/mol. The van der Waals surface area contributed by atoms with Crippen molar-refractivity contribution in [3.05, 3.63) is 273 Å². The molecular weight excluding hydrogens is 809 g/mol. The van der Waals surface area contributed by atoms with Gasteiger partial charge in [-0.2, -0.15) is 0 Å². The van der Waals surface area contributed by atoms with Gasteiger partial charge in [0.1, 0.15) is 0 Å². The van der Waals surface area contributed by atoms with Gasteiger partial charge in [-0.15, -0.1) is 0 Å². The first kappa shape index (κ1) is 41.0. The van der Waals surface area contributed by atoms with Crippen molar-refractivity contribution in [2.45, 2.75) is 6.92 Å². The van der Waals surface area contributed by atoms with Gasteiger partial charge in [0.2, 0.25) is 0 Å². The molecule has 11 aromatic rings. The number of allylic oxidation sites excluding steroid dienone is 2. The van der Waals surface area contributed by atoms with Crippen molar-refractivity contribution in [2.75, 3.05) is 4.90 Å². The van der Waals surface area contributed by atoms with Crippen LogP contribution in [0.25, 0.3) is 89.1 Å². The largest absolute Gasteiger partial charge is 0.310 e. The molecule has 0 fully saturated rings. The summed E-state index contributed by atoms with van der Waals surface area (Å²) < 4.78 is 2.36. The van der Waals surface area contributed by atoms with Crippen LogP contribution in [0.3, 0.4) is 0 Å². The second-order valence-corrected chi connectivity index (χ2v) is 17.0. The minimum Gasteiger partial charge on any atom is -0.310 e. The molecule has 0 saturated carbocycles. The first-order chi connectivity index (χ1) is 33.1. The summed E-state index contributed by atoms with van der Waals surface area (Å²) in [6.45, 7) is 6.17. The summed E-state index contributed by atoms with van der Waals surface area (Å²) >= 11 is 0. The molecule has 318 valence electrons. The summed E-state index contributed by atoms with van der Waals surface area (Å²) in [5.74, 6) is 0. The molecule has 67 heavy (non-hydrogen) atoms. The van der Waals surface area contributed by atoms with Crippen molar-refractivity contribution in [1.29, 1.82) is 0 Å². The molecule has 1 aromatic heterocycles. The normalized spacial score (nSPS) is 11.4. The van der Waals surface area contributed by atoms with E-state index in [1.807, 2.05) is 12.2 Å². The van der Waals surface area contributed by atoms with E-state index in [2.05, 4.69) is 272 Å². The lowest BCUT2D eigenvalue weighted by Gasteiger charge is -2.30. The Balaban J connectivity index is 1.11. The van der Waals surface area contributed by atoms with Crippen molar-refractivity contribution in [2.24, 2.45) is 0 Å². The first-order valence-electron chi connectivity index (χ1n) is 23.0. The lowest BCUT2D eigenvalue weighted by atomic mass is 9.87. The lowest BCUT2D eigenvalue weighted by Crippen LogP contribution is -2.12. The Hall–Kier alpha value is -8.72. The maximum Gasteiger partial charge on any atom is 0.0546 e. The van der Waals surface area contributed by atoms with Gasteiger partial charge in [-0.25, -0.2) is 0 Å². The number of fused-ring (bicyclic) bond motifs is 2. The van der Waals surface area contributed by atoms with E-state index >= 15 is 0 Å². The summed E-state index contributed by atoms with van der Waals surface area (Å²) in [6, 6.07) is 88.1. The van der Waals surface area contributed by atoms with Gasteiger partial charge in [-0.1, -0.05) is 207 Å². The molecule has 0 unspecified atom stereocenters. The van der Waals surface area contributed by atoms with Crippen molar-refractivity contribution in [1.82, 2.24) is 4.57 Å². The van der Waals surface area contributed by atoms with Gasteiger partial charge in [0.25, 0.3) is 0 Å². The Morgan fingerprint density at radius 1 is 0.418 bits per heavy atom. The molecule has 2 nitrogen and oxygen atoms in total. The smallest absolute Gasteiger partial charge is 0.0546 e. The molecule has 0 saturated heterocycles. The maximum absolute atomic E-state index is 3.96. The summed E-state index contributed by atoms with van der Waals surface area (Å²) in [5, 5.41) is 3.69. The van der Waals surface area contributed by atoms with Crippen LogP contribution in [-0.4, -0.2) is 4.57 Å². The predicted molar refractivity (Wildman–Crippen MR) is 287 cm³/mol. The average Bonchev–Trinajstić information content (AvgIpc) is 3.68. The van der Waals surface area contributed by atoms with Gasteiger partial charge in [-0.05, 0) is 134 Å². The van der Waals surface area contributed by atoms with Gasteiger partial charge >= 0.3 is 0 Å². The number of hydrogen-bond donors (Lipinski definition) is 0. The Bertz CT molecular complexity index is 3580. The van der Waals surface area contributed by atoms with E-state index in [9.17, 15) is 0 Å². The van der Waals surface area contributed by atoms with Crippen LogP contribution < -0.4 is 4.90 Å². The summed E-state index contributed by atoms with van der Waals surface area (Å²) in [5.41, 5.74) is 19.6. The third-order valence-electron chi connectivity index (χ3n) is 13.0. The van der Waals surface area contributed by atoms with Gasteiger partial charge in [-0.3, -0.25) is 0 Å². The summed E-state index contributed by atoms with van der Waals surface area (Å²) in [4.78, 5) is 2.45. The second-order valence-electron chi connectivity index (χ2n) is 17.0. The van der Waals surface area contributed by atoms with E-state index in [0.717, 1.165) is 56.3 Å². The van der Waals surface area contributed by atoms with Crippen LogP contribution in [0.5, 0.6) is 0 Å². The summed E-state index contributed by atoms with van der Waals surface area (Å²) in [7, 11) is 0. The van der Waals surface area contributed by atoms with Crippen molar-refractivity contribution in [3.8, 4) is 61.3 Å². The van der Waals surface area contributed by atoms with E-state index in [1.165, 1.54) is 55.1 Å². The van der Waals surface area contributed by atoms with Crippen LogP contribution in [-0.2, 0) is 0 Å². The Labute approximate surface area is 393 Å². The fourth-order valence-corrected chi connectivity index (χ4v) is 9.72. The zero-order valence-corrected chi connectivity index (χ0v) is 37.4. The SMILES string of the molecule is C=C/C=C\c1c(C)c2ccc(-c3ccc(N(c4cccc(-c5ccc6ccccc6c5)c4)c4cccc(-c5ccccc5)c4-c4ccccc4-c4ccccc4)cc3)cc2n1-c1ccccc1.